The molecule has 0 radical (unpaired) electrons. The van der Waals surface area contributed by atoms with E-state index >= 15 is 0 Å². The number of hydrogen-bond donors (Lipinski definition) is 2. The van der Waals surface area contributed by atoms with Crippen LogP contribution >= 0.6 is 30.3 Å². The third-order valence-corrected chi connectivity index (χ3v) is 6.85. The summed E-state index contributed by atoms with van der Waals surface area (Å²) in [5.41, 5.74) is 1.59. The smallest absolute Gasteiger partial charge is 0.352 e. The molecule has 0 bridgehead atoms. The summed E-state index contributed by atoms with van der Waals surface area (Å²) in [6, 6.07) is 9.24. The van der Waals surface area contributed by atoms with Crippen LogP contribution in [0.1, 0.15) is 25.0 Å². The Morgan fingerprint density at radius 2 is 2.10 bits per heavy atom. The number of nitrogens with one attached hydrogen (secondary N) is 2. The fourth-order valence-electron chi connectivity index (χ4n) is 1.49. The summed E-state index contributed by atoms with van der Waals surface area (Å²) in [6.45, 7) is 1.55. The summed E-state index contributed by atoms with van der Waals surface area (Å²) in [5.74, 6) is 0.669. The summed E-state index contributed by atoms with van der Waals surface area (Å²) in [7, 11) is 0. The molecule has 0 amide bonds. The first-order chi connectivity index (χ1) is 10.0. The van der Waals surface area contributed by atoms with Crippen molar-refractivity contribution in [1.82, 2.24) is 10.4 Å². The summed E-state index contributed by atoms with van der Waals surface area (Å²) in [4.78, 5) is 0. The number of nitriles is 1. The molecule has 0 aromatic heterocycles. The molecule has 8 heteroatoms. The van der Waals surface area contributed by atoms with Gasteiger partial charge in [0.1, 0.15) is 0 Å². The lowest BCUT2D eigenvalue weighted by Gasteiger charge is -2.19. The van der Waals surface area contributed by atoms with Gasteiger partial charge in [0.25, 0.3) is 0 Å². The van der Waals surface area contributed by atoms with Gasteiger partial charge in [-0.15, -0.1) is 0 Å². The van der Waals surface area contributed by atoms with E-state index in [0.717, 1.165) is 5.56 Å². The molecular weight excluding hydrogens is 325 g/mol. The predicted molar refractivity (Wildman–Crippen MR) is 91.1 cm³/mol. The molecule has 0 spiro atoms. The summed E-state index contributed by atoms with van der Waals surface area (Å²) >= 11 is 6.36. The van der Waals surface area contributed by atoms with Gasteiger partial charge < -0.3 is 9.84 Å². The van der Waals surface area contributed by atoms with Gasteiger partial charge >= 0.3 is 6.72 Å². The lowest BCUT2D eigenvalue weighted by Crippen LogP contribution is -2.32. The quantitative estimate of drug-likeness (QED) is 0.580. The van der Waals surface area contributed by atoms with Gasteiger partial charge in [-0.25, -0.2) is 0 Å². The number of nitrogens with zero attached hydrogens (tertiary/aromatic N) is 1. The standard InChI is InChI=1S/C13H18N3O2PS2/c1-3-18-19(17,21-4-2)16-13(20)15-10-12-7-5-11(9-14)6-8-12/h5-8H,3-4,10H2,1-2H3,(H2,15,16,17,20). The maximum atomic E-state index is 12.4. The molecule has 0 saturated heterocycles. The van der Waals surface area contributed by atoms with Gasteiger partial charge in [-0.05, 0) is 48.2 Å². The van der Waals surface area contributed by atoms with Crippen molar-refractivity contribution in [2.75, 3.05) is 12.4 Å². The average Bonchev–Trinajstić information content (AvgIpc) is 2.46. The van der Waals surface area contributed by atoms with Crippen LogP contribution in [0.3, 0.4) is 0 Å². The molecule has 1 atom stereocenters. The Labute approximate surface area is 134 Å². The van der Waals surface area contributed by atoms with Crippen molar-refractivity contribution >= 4 is 35.4 Å². The van der Waals surface area contributed by atoms with E-state index in [1.54, 1.807) is 19.1 Å². The Balaban J connectivity index is 2.52. The van der Waals surface area contributed by atoms with Crippen LogP contribution in [-0.4, -0.2) is 17.5 Å². The summed E-state index contributed by atoms with van der Waals surface area (Å²) in [5, 5.41) is 14.8. The fraction of sp³-hybridized carbons (Fsp3) is 0.385. The lowest BCUT2D eigenvalue weighted by molar-refractivity contribution is 0.343. The fourth-order valence-corrected chi connectivity index (χ4v) is 5.33. The van der Waals surface area contributed by atoms with Crippen LogP contribution in [0, 0.1) is 11.3 Å². The summed E-state index contributed by atoms with van der Waals surface area (Å²) in [6.07, 6.45) is 0. The van der Waals surface area contributed by atoms with Crippen molar-refractivity contribution in [2.45, 2.75) is 20.4 Å². The van der Waals surface area contributed by atoms with Crippen molar-refractivity contribution in [3.63, 3.8) is 0 Å². The molecule has 0 saturated carbocycles. The monoisotopic (exact) mass is 343 g/mol. The number of rotatable bonds is 7. The summed E-state index contributed by atoms with van der Waals surface area (Å²) < 4.78 is 17.7. The maximum absolute atomic E-state index is 12.4. The molecule has 1 aromatic carbocycles. The Hall–Kier alpha value is -1.06. The van der Waals surface area contributed by atoms with Crippen LogP contribution in [0.2, 0.25) is 0 Å². The first-order valence-corrected chi connectivity index (χ1v) is 10.1. The SMILES string of the molecule is CCOP(=O)(NC(=S)NCc1ccc(C#N)cc1)SCC. The Kier molecular flexibility index (Phi) is 7.76. The second kappa shape index (κ2) is 9.06. The highest BCUT2D eigenvalue weighted by atomic mass is 32.7. The Bertz CT molecular complexity index is 548. The van der Waals surface area contributed by atoms with Gasteiger partial charge in [0, 0.05) is 12.3 Å². The number of thiocarbonyl (C=S) groups is 1. The topological polar surface area (TPSA) is 74.2 Å². The van der Waals surface area contributed by atoms with Gasteiger partial charge in [0.05, 0.1) is 18.2 Å². The van der Waals surface area contributed by atoms with E-state index in [1.807, 2.05) is 19.1 Å². The van der Waals surface area contributed by atoms with Crippen LogP contribution in [0.25, 0.3) is 0 Å². The van der Waals surface area contributed by atoms with Crippen molar-refractivity contribution in [3.8, 4) is 6.07 Å². The van der Waals surface area contributed by atoms with Crippen LogP contribution in [0.15, 0.2) is 24.3 Å². The first-order valence-electron chi connectivity index (χ1n) is 6.47. The Morgan fingerprint density at radius 1 is 1.43 bits per heavy atom. The highest BCUT2D eigenvalue weighted by Gasteiger charge is 2.23. The van der Waals surface area contributed by atoms with Crippen molar-refractivity contribution < 1.29 is 9.09 Å². The van der Waals surface area contributed by atoms with Gasteiger partial charge in [-0.1, -0.05) is 19.1 Å². The zero-order valence-corrected chi connectivity index (χ0v) is 14.5. The number of benzene rings is 1. The minimum atomic E-state index is -2.99. The van der Waals surface area contributed by atoms with Crippen LogP contribution < -0.4 is 10.4 Å². The van der Waals surface area contributed by atoms with Gasteiger partial charge in [0.2, 0.25) is 0 Å². The van der Waals surface area contributed by atoms with E-state index in [2.05, 4.69) is 16.5 Å². The van der Waals surface area contributed by atoms with Gasteiger partial charge in [-0.2, -0.15) is 5.26 Å². The molecule has 21 heavy (non-hydrogen) atoms. The molecule has 0 aliphatic rings. The molecule has 0 aliphatic heterocycles. The molecule has 1 unspecified atom stereocenters. The van der Waals surface area contributed by atoms with E-state index < -0.39 is 6.72 Å². The molecule has 2 N–H and O–H groups in total. The third-order valence-electron chi connectivity index (χ3n) is 2.37. The predicted octanol–water partition coefficient (Wildman–Crippen LogP) is 3.42. The zero-order valence-electron chi connectivity index (χ0n) is 12.0. The average molecular weight is 343 g/mol. The van der Waals surface area contributed by atoms with Crippen molar-refractivity contribution in [3.05, 3.63) is 35.4 Å². The normalized spacial score (nSPS) is 13.0. The van der Waals surface area contributed by atoms with E-state index in [9.17, 15) is 4.57 Å². The third kappa shape index (κ3) is 6.49. The van der Waals surface area contributed by atoms with Crippen molar-refractivity contribution in [1.29, 1.82) is 5.26 Å². The van der Waals surface area contributed by atoms with E-state index in [1.165, 1.54) is 11.4 Å². The molecule has 114 valence electrons. The zero-order chi connectivity index (χ0) is 15.7. The molecular formula is C13H18N3O2PS2. The maximum Gasteiger partial charge on any atom is 0.352 e. The van der Waals surface area contributed by atoms with E-state index in [4.69, 9.17) is 22.0 Å². The second-order valence-corrected chi connectivity index (χ2v) is 8.87. The van der Waals surface area contributed by atoms with Crippen LogP contribution in [0.5, 0.6) is 0 Å². The molecule has 0 aliphatic carbocycles. The lowest BCUT2D eigenvalue weighted by atomic mass is 10.1. The molecule has 0 heterocycles. The largest absolute Gasteiger partial charge is 0.358 e. The minimum absolute atomic E-state index is 0.289. The van der Waals surface area contributed by atoms with E-state index in [-0.39, 0.29) is 5.11 Å². The molecule has 1 rings (SSSR count). The highest BCUT2D eigenvalue weighted by molar-refractivity contribution is 8.56. The van der Waals surface area contributed by atoms with Crippen molar-refractivity contribution in [2.24, 2.45) is 0 Å². The Morgan fingerprint density at radius 3 is 2.62 bits per heavy atom. The molecule has 1 aromatic rings. The van der Waals surface area contributed by atoms with Gasteiger partial charge in [0.15, 0.2) is 5.11 Å². The van der Waals surface area contributed by atoms with E-state index in [0.29, 0.717) is 24.5 Å². The molecule has 5 nitrogen and oxygen atoms in total. The first kappa shape index (κ1) is 18.0. The van der Waals surface area contributed by atoms with Gasteiger partial charge in [-0.3, -0.25) is 9.65 Å². The highest BCUT2D eigenvalue weighted by Crippen LogP contribution is 2.55. The molecule has 0 fully saturated rings. The second-order valence-electron chi connectivity index (χ2n) is 3.94. The van der Waals surface area contributed by atoms with Crippen LogP contribution in [-0.2, 0) is 15.6 Å². The number of hydrogen-bond acceptors (Lipinski definition) is 5. The minimum Gasteiger partial charge on any atom is -0.358 e. The van der Waals surface area contributed by atoms with Crippen LogP contribution in [0.4, 0.5) is 0 Å².